The van der Waals surface area contributed by atoms with E-state index in [1.165, 1.54) is 67.2 Å². The van der Waals surface area contributed by atoms with Gasteiger partial charge in [-0.2, -0.15) is 15.0 Å². The third-order valence-corrected chi connectivity index (χ3v) is 7.92. The summed E-state index contributed by atoms with van der Waals surface area (Å²) in [5, 5.41) is 10.1. The molecule has 0 saturated carbocycles. The molecule has 39 heavy (non-hydrogen) atoms. The summed E-state index contributed by atoms with van der Waals surface area (Å²) in [6.45, 7) is 16.7. The Balaban J connectivity index is 1.62. The number of aryl methyl sites for hydroxylation is 1. The van der Waals surface area contributed by atoms with E-state index in [0.29, 0.717) is 0 Å². The third-order valence-electron chi connectivity index (χ3n) is 7.92. The van der Waals surface area contributed by atoms with E-state index in [1.807, 2.05) is 4.80 Å². The second-order valence-corrected chi connectivity index (χ2v) is 13.3. The molecule has 0 aliphatic heterocycles. The van der Waals surface area contributed by atoms with Crippen molar-refractivity contribution in [3.8, 4) is 22.3 Å². The second-order valence-electron chi connectivity index (χ2n) is 13.3. The van der Waals surface area contributed by atoms with E-state index < -0.39 is 0 Å². The van der Waals surface area contributed by atoms with Crippen LogP contribution in [0, 0.1) is 0 Å². The lowest BCUT2D eigenvalue weighted by atomic mass is 9.85. The second kappa shape index (κ2) is 12.5. The fourth-order valence-electron chi connectivity index (χ4n) is 5.29. The summed E-state index contributed by atoms with van der Waals surface area (Å²) in [4.78, 5) is 1.95. The SMILES string of the molecule is CCCCCCCCCCn1nc2c(-c3ccc(C(C)(C)C)cc3)ccc(-c3ccc(C(C)(C)C)cc3)c2n1. The zero-order valence-electron chi connectivity index (χ0n) is 25.5. The first kappa shape index (κ1) is 29.1. The molecule has 0 radical (unpaired) electrons. The van der Waals surface area contributed by atoms with Crippen LogP contribution in [0.3, 0.4) is 0 Å². The molecule has 4 aromatic rings. The predicted octanol–water partition coefficient (Wildman–Crippen LogP) is 10.5. The van der Waals surface area contributed by atoms with Gasteiger partial charge in [-0.15, -0.1) is 0 Å². The van der Waals surface area contributed by atoms with Gasteiger partial charge in [0.1, 0.15) is 11.0 Å². The van der Waals surface area contributed by atoms with E-state index in [2.05, 4.69) is 109 Å². The Labute approximate surface area is 237 Å². The number of rotatable bonds is 11. The van der Waals surface area contributed by atoms with E-state index in [1.54, 1.807) is 0 Å². The highest BCUT2D eigenvalue weighted by atomic mass is 15.5. The van der Waals surface area contributed by atoms with Crippen molar-refractivity contribution in [1.29, 1.82) is 0 Å². The van der Waals surface area contributed by atoms with E-state index in [4.69, 9.17) is 10.2 Å². The van der Waals surface area contributed by atoms with Crippen LogP contribution in [0.1, 0.15) is 111 Å². The Morgan fingerprint density at radius 2 is 0.897 bits per heavy atom. The van der Waals surface area contributed by atoms with Crippen molar-refractivity contribution in [2.75, 3.05) is 0 Å². The van der Waals surface area contributed by atoms with Gasteiger partial charge in [-0.25, -0.2) is 0 Å². The van der Waals surface area contributed by atoms with Crippen LogP contribution in [0.5, 0.6) is 0 Å². The lowest BCUT2D eigenvalue weighted by molar-refractivity contribution is 0.485. The highest BCUT2D eigenvalue weighted by molar-refractivity contribution is 6.00. The Hall–Kier alpha value is -2.94. The quantitative estimate of drug-likeness (QED) is 0.183. The van der Waals surface area contributed by atoms with Gasteiger partial charge in [0.25, 0.3) is 0 Å². The average molecular weight is 524 g/mol. The molecule has 3 nitrogen and oxygen atoms in total. The largest absolute Gasteiger partial charge is 0.184 e. The van der Waals surface area contributed by atoms with Crippen molar-refractivity contribution in [2.24, 2.45) is 0 Å². The summed E-state index contributed by atoms with van der Waals surface area (Å²) in [7, 11) is 0. The minimum absolute atomic E-state index is 0.135. The fraction of sp³-hybridized carbons (Fsp3) is 0.500. The van der Waals surface area contributed by atoms with Crippen molar-refractivity contribution < 1.29 is 0 Å². The van der Waals surface area contributed by atoms with Crippen molar-refractivity contribution in [2.45, 2.75) is 117 Å². The molecule has 0 unspecified atom stereocenters. The Morgan fingerprint density at radius 1 is 0.513 bits per heavy atom. The molecule has 3 aromatic carbocycles. The van der Waals surface area contributed by atoms with Crippen molar-refractivity contribution in [3.05, 3.63) is 71.8 Å². The smallest absolute Gasteiger partial charge is 0.121 e. The zero-order valence-corrected chi connectivity index (χ0v) is 25.5. The summed E-state index contributed by atoms with van der Waals surface area (Å²) < 4.78 is 0. The van der Waals surface area contributed by atoms with E-state index >= 15 is 0 Å². The van der Waals surface area contributed by atoms with Crippen molar-refractivity contribution in [1.82, 2.24) is 15.0 Å². The third kappa shape index (κ3) is 7.38. The van der Waals surface area contributed by atoms with E-state index in [-0.39, 0.29) is 10.8 Å². The first-order chi connectivity index (χ1) is 18.6. The minimum Gasteiger partial charge on any atom is -0.184 e. The van der Waals surface area contributed by atoms with Gasteiger partial charge in [0, 0.05) is 11.1 Å². The van der Waals surface area contributed by atoms with Gasteiger partial charge in [-0.3, -0.25) is 0 Å². The molecule has 0 fully saturated rings. The molecular weight excluding hydrogens is 474 g/mol. The Bertz CT molecular complexity index is 1240. The lowest BCUT2D eigenvalue weighted by Crippen LogP contribution is -2.10. The first-order valence-corrected chi connectivity index (χ1v) is 15.2. The molecule has 0 bridgehead atoms. The molecule has 0 aliphatic carbocycles. The van der Waals surface area contributed by atoms with Gasteiger partial charge in [0.15, 0.2) is 0 Å². The van der Waals surface area contributed by atoms with Gasteiger partial charge >= 0.3 is 0 Å². The zero-order chi connectivity index (χ0) is 28.0. The van der Waals surface area contributed by atoms with E-state index in [9.17, 15) is 0 Å². The topological polar surface area (TPSA) is 30.7 Å². The number of hydrogen-bond donors (Lipinski definition) is 0. The van der Waals surface area contributed by atoms with Gasteiger partial charge in [0.05, 0.1) is 6.54 Å². The van der Waals surface area contributed by atoms with Crippen LogP contribution >= 0.6 is 0 Å². The minimum atomic E-state index is 0.135. The number of nitrogens with zero attached hydrogens (tertiary/aromatic N) is 3. The Kier molecular flexibility index (Phi) is 9.31. The summed E-state index contributed by atoms with van der Waals surface area (Å²) in [6.07, 6.45) is 10.4. The number of hydrogen-bond acceptors (Lipinski definition) is 2. The number of unbranched alkanes of at least 4 members (excludes halogenated alkanes) is 7. The maximum Gasteiger partial charge on any atom is 0.121 e. The molecule has 0 atom stereocenters. The first-order valence-electron chi connectivity index (χ1n) is 15.2. The molecular formula is C36H49N3. The highest BCUT2D eigenvalue weighted by Gasteiger charge is 2.18. The van der Waals surface area contributed by atoms with Crippen molar-refractivity contribution >= 4 is 11.0 Å². The maximum atomic E-state index is 5.07. The molecule has 0 N–H and O–H groups in total. The standard InChI is InChI=1S/C36H49N3/c1-8-9-10-11-12-13-14-15-26-39-37-33-31(27-16-20-29(21-17-27)35(2,3)4)24-25-32(34(33)38-39)28-18-22-30(23-19-28)36(5,6)7/h16-25H,8-15,26H2,1-7H3. The van der Waals surface area contributed by atoms with Crippen LogP contribution in [0.2, 0.25) is 0 Å². The number of benzene rings is 3. The Morgan fingerprint density at radius 3 is 1.28 bits per heavy atom. The molecule has 3 heteroatoms. The normalized spacial score (nSPS) is 12.4. The lowest BCUT2D eigenvalue weighted by Gasteiger charge is -2.19. The van der Waals surface area contributed by atoms with Crippen molar-refractivity contribution in [3.63, 3.8) is 0 Å². The summed E-state index contributed by atoms with van der Waals surface area (Å²) in [5.74, 6) is 0. The molecule has 0 amide bonds. The maximum absolute atomic E-state index is 5.07. The van der Waals surface area contributed by atoms with Crippen LogP contribution in [-0.4, -0.2) is 15.0 Å². The van der Waals surface area contributed by atoms with Crippen LogP contribution in [0.4, 0.5) is 0 Å². The molecule has 208 valence electrons. The van der Waals surface area contributed by atoms with Gasteiger partial charge < -0.3 is 0 Å². The molecule has 1 heterocycles. The molecule has 1 aromatic heterocycles. The van der Waals surface area contributed by atoms with E-state index in [0.717, 1.165) is 35.1 Å². The molecule has 4 rings (SSSR count). The predicted molar refractivity (Wildman–Crippen MR) is 168 cm³/mol. The summed E-state index contributed by atoms with van der Waals surface area (Å²) >= 11 is 0. The highest BCUT2D eigenvalue weighted by Crippen LogP contribution is 2.35. The average Bonchev–Trinajstić information content (AvgIpc) is 3.33. The summed E-state index contributed by atoms with van der Waals surface area (Å²) in [6, 6.07) is 22.4. The number of aromatic nitrogens is 3. The van der Waals surface area contributed by atoms with Crippen LogP contribution in [0.25, 0.3) is 33.3 Å². The molecule has 0 saturated heterocycles. The van der Waals surface area contributed by atoms with Gasteiger partial charge in [-0.1, -0.05) is 154 Å². The van der Waals surface area contributed by atoms with Crippen LogP contribution in [-0.2, 0) is 17.4 Å². The van der Waals surface area contributed by atoms with Crippen LogP contribution < -0.4 is 0 Å². The van der Waals surface area contributed by atoms with Gasteiger partial charge in [0.2, 0.25) is 0 Å². The molecule has 0 aliphatic rings. The van der Waals surface area contributed by atoms with Gasteiger partial charge in [-0.05, 0) is 39.5 Å². The molecule has 0 spiro atoms. The number of fused-ring (bicyclic) bond motifs is 1. The summed E-state index contributed by atoms with van der Waals surface area (Å²) in [5.41, 5.74) is 9.65. The monoisotopic (exact) mass is 523 g/mol. The van der Waals surface area contributed by atoms with Crippen LogP contribution in [0.15, 0.2) is 60.7 Å². The fourth-order valence-corrected chi connectivity index (χ4v) is 5.29.